The molecule has 1 aliphatic heterocycles. The van der Waals surface area contributed by atoms with E-state index in [9.17, 15) is 18.0 Å². The first kappa shape index (κ1) is 11.1. The fourth-order valence-electron chi connectivity index (χ4n) is 1.86. The molecule has 1 atom stereocenters. The number of urea groups is 1. The highest BCUT2D eigenvalue weighted by Gasteiger charge is 2.57. The van der Waals surface area contributed by atoms with Gasteiger partial charge in [0.25, 0.3) is 5.91 Å². The number of carbonyl (C=O) groups excluding carboxylic acids is 2. The molecule has 0 radical (unpaired) electrons. The number of halogens is 1. The highest BCUT2D eigenvalue weighted by molar-refractivity contribution is 14.2. The third-order valence-corrected chi connectivity index (χ3v) is 4.38. The fourth-order valence-corrected chi connectivity index (χ4v) is 4.32. The fraction of sp³-hybridized carbons (Fsp3) is 0.714. The molecule has 3 amide bonds. The van der Waals surface area contributed by atoms with Crippen LogP contribution in [-0.2, 0) is 11.8 Å². The van der Waals surface area contributed by atoms with Crippen LogP contribution in [0.15, 0.2) is 0 Å². The summed E-state index contributed by atoms with van der Waals surface area (Å²) in [5, 5.41) is 4.55. The van der Waals surface area contributed by atoms with Crippen LogP contribution >= 0.6 is 21.2 Å². The maximum absolute atomic E-state index is 11.6. The predicted octanol–water partition coefficient (Wildman–Crippen LogP) is -0.261. The molecule has 2 fully saturated rings. The lowest BCUT2D eigenvalue weighted by Gasteiger charge is -2.23. The molecule has 1 saturated heterocycles. The zero-order valence-electron chi connectivity index (χ0n) is 7.62. The third-order valence-electron chi connectivity index (χ3n) is 2.64. The lowest BCUT2D eigenvalue weighted by Crippen LogP contribution is -2.53. The molecule has 0 unspecified atom stereocenters. The summed E-state index contributed by atoms with van der Waals surface area (Å²) < 4.78 is 22.5. The molecule has 2 rings (SSSR count). The van der Waals surface area contributed by atoms with Gasteiger partial charge < -0.3 is 5.32 Å². The van der Waals surface area contributed by atoms with E-state index in [-0.39, 0.29) is 11.7 Å². The van der Waals surface area contributed by atoms with Crippen LogP contribution in [0.3, 0.4) is 0 Å². The summed E-state index contributed by atoms with van der Waals surface area (Å²) in [5.74, 6) is -0.897. The summed E-state index contributed by atoms with van der Waals surface area (Å²) in [6.07, 6.45) is 1.56. The molecule has 1 heterocycles. The smallest absolute Gasteiger partial charge is 0.322 e. The number of rotatable bonds is 3. The third kappa shape index (κ3) is 2.10. The lowest BCUT2D eigenvalue weighted by atomic mass is 9.96. The van der Waals surface area contributed by atoms with Gasteiger partial charge in [0.15, 0.2) is 0 Å². The van der Waals surface area contributed by atoms with Crippen molar-refractivity contribution < 1.29 is 18.0 Å². The number of hydrogen-bond donors (Lipinski definition) is 2. The van der Waals surface area contributed by atoms with E-state index >= 15 is 0 Å². The normalized spacial score (nSPS) is 31.3. The van der Waals surface area contributed by atoms with Crippen molar-refractivity contribution in [3.8, 4) is 0 Å². The Morgan fingerprint density at radius 3 is 2.33 bits per heavy atom. The Kier molecular flexibility index (Phi) is 2.45. The van der Waals surface area contributed by atoms with Gasteiger partial charge in [0.2, 0.25) is 7.01 Å². The highest BCUT2D eigenvalue weighted by Crippen LogP contribution is 2.42. The summed E-state index contributed by atoms with van der Waals surface area (Å²) in [5.41, 5.74) is -1.23. The van der Waals surface area contributed by atoms with Crippen molar-refractivity contribution in [2.45, 2.75) is 18.4 Å². The first-order valence-corrected chi connectivity index (χ1v) is 8.59. The Balaban J connectivity index is 2.33. The van der Waals surface area contributed by atoms with Crippen LogP contribution in [-0.4, -0.2) is 31.6 Å². The molecule has 2 N–H and O–H groups in total. The van der Waals surface area contributed by atoms with Gasteiger partial charge in [0, 0.05) is 0 Å². The molecule has 0 aromatic heterocycles. The van der Waals surface area contributed by atoms with Gasteiger partial charge in [-0.05, 0) is 18.8 Å². The van der Waals surface area contributed by atoms with E-state index in [4.69, 9.17) is 0 Å². The molecule has 0 spiro atoms. The quantitative estimate of drug-likeness (QED) is 0.419. The summed E-state index contributed by atoms with van der Waals surface area (Å²) in [7, 11) is -3.33. The number of hydrogen-bond acceptors (Lipinski definition) is 4. The van der Waals surface area contributed by atoms with Gasteiger partial charge in [-0.2, -0.15) is 0 Å². The second-order valence-electron chi connectivity index (χ2n) is 3.84. The van der Waals surface area contributed by atoms with Crippen LogP contribution in [0.5, 0.6) is 0 Å². The van der Waals surface area contributed by atoms with Gasteiger partial charge >= 0.3 is 6.03 Å². The van der Waals surface area contributed by atoms with Crippen molar-refractivity contribution in [3.63, 3.8) is 0 Å². The van der Waals surface area contributed by atoms with E-state index in [0.717, 1.165) is 12.8 Å². The molecule has 8 heteroatoms. The zero-order valence-corrected chi connectivity index (χ0v) is 10.6. The van der Waals surface area contributed by atoms with E-state index in [1.165, 1.54) is 21.2 Å². The van der Waals surface area contributed by atoms with E-state index in [1.807, 2.05) is 0 Å². The summed E-state index contributed by atoms with van der Waals surface area (Å²) in [6, 6.07) is -0.605. The van der Waals surface area contributed by atoms with Crippen molar-refractivity contribution in [2.75, 3.05) is 5.75 Å². The summed E-state index contributed by atoms with van der Waals surface area (Å²) in [6.45, 7) is 0. The van der Waals surface area contributed by atoms with Crippen LogP contribution < -0.4 is 10.6 Å². The molecule has 0 aromatic carbocycles. The predicted molar refractivity (Wildman–Crippen MR) is 59.9 cm³/mol. The standard InChI is InChI=1S/C7H9IN2O4S/c8-15(13,14)3-7(4-1-2-4)5(11)9-6(12)10-7/h4H,1-3H2,(H2,9,10,11,12)/t7-/m0/s1. The van der Waals surface area contributed by atoms with Crippen LogP contribution in [0.1, 0.15) is 12.8 Å². The van der Waals surface area contributed by atoms with Gasteiger partial charge in [-0.15, -0.1) is 0 Å². The Morgan fingerprint density at radius 1 is 1.40 bits per heavy atom. The maximum Gasteiger partial charge on any atom is 0.322 e. The molecule has 2 aliphatic rings. The number of imide groups is 1. The Morgan fingerprint density at radius 2 is 2.00 bits per heavy atom. The van der Waals surface area contributed by atoms with Gasteiger partial charge in [-0.25, -0.2) is 13.2 Å². The monoisotopic (exact) mass is 344 g/mol. The van der Waals surface area contributed by atoms with Crippen molar-refractivity contribution in [2.24, 2.45) is 5.92 Å². The molecule has 0 aromatic rings. The molecule has 0 bridgehead atoms. The van der Waals surface area contributed by atoms with Crippen LogP contribution in [0, 0.1) is 5.92 Å². The Hall–Kier alpha value is -0.380. The summed E-state index contributed by atoms with van der Waals surface area (Å²) >= 11 is 1.30. The SMILES string of the molecule is O=C1NC(=O)[C@](CS(=O)(=O)I)(C2CC2)N1. The minimum Gasteiger partial charge on any atom is -0.322 e. The average molecular weight is 344 g/mol. The van der Waals surface area contributed by atoms with Crippen LogP contribution in [0.25, 0.3) is 0 Å². The van der Waals surface area contributed by atoms with Crippen LogP contribution in [0.4, 0.5) is 4.79 Å². The first-order valence-electron chi connectivity index (χ1n) is 4.39. The maximum atomic E-state index is 11.6. The van der Waals surface area contributed by atoms with Crippen molar-refractivity contribution in [3.05, 3.63) is 0 Å². The number of carbonyl (C=O) groups is 2. The Labute approximate surface area is 98.7 Å². The van der Waals surface area contributed by atoms with E-state index in [1.54, 1.807) is 0 Å². The van der Waals surface area contributed by atoms with Gasteiger partial charge in [-0.1, -0.05) is 0 Å². The first-order chi connectivity index (χ1) is 6.83. The van der Waals surface area contributed by atoms with E-state index in [2.05, 4.69) is 10.6 Å². The average Bonchev–Trinajstić information content (AvgIpc) is 2.77. The molecular weight excluding hydrogens is 335 g/mol. The topological polar surface area (TPSA) is 92.3 Å². The van der Waals surface area contributed by atoms with Gasteiger partial charge in [-0.3, -0.25) is 10.1 Å². The van der Waals surface area contributed by atoms with Crippen molar-refractivity contribution >= 4 is 40.2 Å². The Bertz CT molecular complexity index is 430. The number of nitrogens with one attached hydrogen (secondary N) is 2. The molecule has 1 saturated carbocycles. The molecule has 84 valence electrons. The molecule has 1 aliphatic carbocycles. The van der Waals surface area contributed by atoms with Crippen LogP contribution in [0.2, 0.25) is 0 Å². The molecule has 15 heavy (non-hydrogen) atoms. The van der Waals surface area contributed by atoms with Gasteiger partial charge in [0.05, 0.1) is 27.0 Å². The number of amides is 3. The second-order valence-corrected chi connectivity index (χ2v) is 9.23. The van der Waals surface area contributed by atoms with Crippen molar-refractivity contribution in [1.29, 1.82) is 0 Å². The molecular formula is C7H9IN2O4S. The highest BCUT2D eigenvalue weighted by atomic mass is 127. The van der Waals surface area contributed by atoms with Crippen molar-refractivity contribution in [1.82, 2.24) is 10.6 Å². The largest absolute Gasteiger partial charge is 0.322 e. The van der Waals surface area contributed by atoms with E-state index in [0.29, 0.717) is 0 Å². The van der Waals surface area contributed by atoms with Gasteiger partial charge in [0.1, 0.15) is 5.54 Å². The second kappa shape index (κ2) is 3.30. The zero-order chi connectivity index (χ0) is 11.3. The summed E-state index contributed by atoms with van der Waals surface area (Å²) in [4.78, 5) is 22.7. The minimum absolute atomic E-state index is 0.0477. The van der Waals surface area contributed by atoms with E-state index < -0.39 is 24.5 Å². The molecule has 6 nitrogen and oxygen atoms in total. The lowest BCUT2D eigenvalue weighted by molar-refractivity contribution is -0.123. The minimum atomic E-state index is -3.33.